The summed E-state index contributed by atoms with van der Waals surface area (Å²) in [6.07, 6.45) is 5.40. The van der Waals surface area contributed by atoms with E-state index in [0.29, 0.717) is 0 Å². The van der Waals surface area contributed by atoms with Crippen LogP contribution in [0.5, 0.6) is 0 Å². The summed E-state index contributed by atoms with van der Waals surface area (Å²) in [7, 11) is 1.86. The van der Waals surface area contributed by atoms with E-state index in [1.165, 1.54) is 0 Å². The van der Waals surface area contributed by atoms with Gasteiger partial charge < -0.3 is 5.32 Å². The maximum absolute atomic E-state index is 4.15. The zero-order chi connectivity index (χ0) is 9.80. The van der Waals surface area contributed by atoms with Gasteiger partial charge in [-0.2, -0.15) is 0 Å². The molecule has 0 aliphatic rings. The van der Waals surface area contributed by atoms with Gasteiger partial charge in [0.15, 0.2) is 0 Å². The fourth-order valence-corrected chi connectivity index (χ4v) is 1.28. The van der Waals surface area contributed by atoms with Crippen molar-refractivity contribution in [3.05, 3.63) is 42.9 Å². The molecule has 70 valence electrons. The third-order valence-electron chi connectivity index (χ3n) is 2.01. The van der Waals surface area contributed by atoms with Crippen molar-refractivity contribution in [2.75, 3.05) is 12.4 Å². The van der Waals surface area contributed by atoms with Crippen LogP contribution in [0.1, 0.15) is 0 Å². The summed E-state index contributed by atoms with van der Waals surface area (Å²) < 4.78 is 0. The van der Waals surface area contributed by atoms with Gasteiger partial charge in [-0.15, -0.1) is 0 Å². The SMILES string of the molecule is CNc1cc(-c2cccnc2)ccn1. The zero-order valence-corrected chi connectivity index (χ0v) is 7.94. The van der Waals surface area contributed by atoms with Crippen LogP contribution in [-0.2, 0) is 0 Å². The molecule has 0 bridgehead atoms. The lowest BCUT2D eigenvalue weighted by Gasteiger charge is -2.02. The zero-order valence-electron chi connectivity index (χ0n) is 7.94. The number of nitrogens with zero attached hydrogens (tertiary/aromatic N) is 2. The molecule has 2 aromatic rings. The van der Waals surface area contributed by atoms with Gasteiger partial charge in [0, 0.05) is 31.2 Å². The van der Waals surface area contributed by atoms with Gasteiger partial charge in [0.2, 0.25) is 0 Å². The minimum absolute atomic E-state index is 0.867. The topological polar surface area (TPSA) is 37.8 Å². The van der Waals surface area contributed by atoms with E-state index in [-0.39, 0.29) is 0 Å². The molecule has 1 N–H and O–H groups in total. The lowest BCUT2D eigenvalue weighted by molar-refractivity contribution is 1.28. The third kappa shape index (κ3) is 1.71. The molecule has 2 aromatic heterocycles. The largest absolute Gasteiger partial charge is 0.373 e. The van der Waals surface area contributed by atoms with Gasteiger partial charge in [-0.05, 0) is 23.8 Å². The fourth-order valence-electron chi connectivity index (χ4n) is 1.28. The summed E-state index contributed by atoms with van der Waals surface area (Å²) in [5.74, 6) is 0.867. The van der Waals surface area contributed by atoms with Gasteiger partial charge in [0.25, 0.3) is 0 Å². The maximum atomic E-state index is 4.15. The number of aromatic nitrogens is 2. The Kier molecular flexibility index (Phi) is 2.40. The lowest BCUT2D eigenvalue weighted by Crippen LogP contribution is -1.91. The molecule has 0 aliphatic heterocycles. The van der Waals surface area contributed by atoms with E-state index in [4.69, 9.17) is 0 Å². The second kappa shape index (κ2) is 3.87. The molecule has 0 radical (unpaired) electrons. The maximum Gasteiger partial charge on any atom is 0.126 e. The molecule has 0 saturated carbocycles. The lowest BCUT2D eigenvalue weighted by atomic mass is 10.1. The molecule has 0 saturated heterocycles. The summed E-state index contributed by atoms with van der Waals surface area (Å²) in [4.78, 5) is 8.23. The van der Waals surface area contributed by atoms with Crippen LogP contribution >= 0.6 is 0 Å². The van der Waals surface area contributed by atoms with Crippen molar-refractivity contribution >= 4 is 5.82 Å². The van der Waals surface area contributed by atoms with Gasteiger partial charge in [-0.1, -0.05) is 6.07 Å². The Bertz CT molecular complexity index is 412. The van der Waals surface area contributed by atoms with Gasteiger partial charge in [0.05, 0.1) is 0 Å². The minimum Gasteiger partial charge on any atom is -0.373 e. The number of hydrogen-bond donors (Lipinski definition) is 1. The summed E-state index contributed by atoms with van der Waals surface area (Å²) >= 11 is 0. The highest BCUT2D eigenvalue weighted by molar-refractivity contribution is 5.65. The quantitative estimate of drug-likeness (QED) is 0.779. The average molecular weight is 185 g/mol. The van der Waals surface area contributed by atoms with Gasteiger partial charge in [0.1, 0.15) is 5.82 Å². The summed E-state index contributed by atoms with van der Waals surface area (Å²) in [5, 5.41) is 3.01. The molecule has 0 aliphatic carbocycles. The van der Waals surface area contributed by atoms with E-state index in [1.54, 1.807) is 12.4 Å². The van der Waals surface area contributed by atoms with E-state index in [2.05, 4.69) is 15.3 Å². The number of anilines is 1. The Morgan fingerprint density at radius 2 is 2.07 bits per heavy atom. The van der Waals surface area contributed by atoms with Crippen LogP contribution in [0.2, 0.25) is 0 Å². The predicted octanol–water partition coefficient (Wildman–Crippen LogP) is 2.19. The molecule has 2 rings (SSSR count). The molecule has 3 heteroatoms. The van der Waals surface area contributed by atoms with E-state index < -0.39 is 0 Å². The molecule has 0 spiro atoms. The van der Waals surface area contributed by atoms with Crippen LogP contribution in [0.4, 0.5) is 5.82 Å². The van der Waals surface area contributed by atoms with Crippen LogP contribution < -0.4 is 5.32 Å². The van der Waals surface area contributed by atoms with Crippen molar-refractivity contribution in [2.24, 2.45) is 0 Å². The molecule has 0 unspecified atom stereocenters. The van der Waals surface area contributed by atoms with Crippen LogP contribution in [-0.4, -0.2) is 17.0 Å². The molecule has 3 nitrogen and oxygen atoms in total. The van der Waals surface area contributed by atoms with Crippen molar-refractivity contribution in [3.63, 3.8) is 0 Å². The highest BCUT2D eigenvalue weighted by Crippen LogP contribution is 2.19. The van der Waals surface area contributed by atoms with E-state index in [1.807, 2.05) is 37.5 Å². The predicted molar refractivity (Wildman–Crippen MR) is 57.0 cm³/mol. The highest BCUT2D eigenvalue weighted by atomic mass is 14.9. The first-order valence-corrected chi connectivity index (χ1v) is 4.44. The van der Waals surface area contributed by atoms with Crippen molar-refractivity contribution in [1.82, 2.24) is 9.97 Å². The molecule has 0 amide bonds. The number of hydrogen-bond acceptors (Lipinski definition) is 3. The first-order valence-electron chi connectivity index (χ1n) is 4.44. The van der Waals surface area contributed by atoms with Crippen LogP contribution in [0.3, 0.4) is 0 Å². The van der Waals surface area contributed by atoms with E-state index >= 15 is 0 Å². The second-order valence-corrected chi connectivity index (χ2v) is 2.92. The molecule has 0 fully saturated rings. The van der Waals surface area contributed by atoms with Crippen molar-refractivity contribution < 1.29 is 0 Å². The minimum atomic E-state index is 0.867. The van der Waals surface area contributed by atoms with Crippen molar-refractivity contribution in [1.29, 1.82) is 0 Å². The molecule has 2 heterocycles. The number of nitrogens with one attached hydrogen (secondary N) is 1. The first-order chi connectivity index (χ1) is 6.90. The highest BCUT2D eigenvalue weighted by Gasteiger charge is 1.97. The fraction of sp³-hybridized carbons (Fsp3) is 0.0909. The Morgan fingerprint density at radius 3 is 2.79 bits per heavy atom. The summed E-state index contributed by atoms with van der Waals surface area (Å²) in [5.41, 5.74) is 2.23. The molecular weight excluding hydrogens is 174 g/mol. The van der Waals surface area contributed by atoms with Crippen LogP contribution in [0, 0.1) is 0 Å². The van der Waals surface area contributed by atoms with Gasteiger partial charge in [-0.25, -0.2) is 4.98 Å². The Balaban J connectivity index is 2.42. The van der Waals surface area contributed by atoms with Crippen molar-refractivity contribution in [2.45, 2.75) is 0 Å². The molecule has 0 aromatic carbocycles. The second-order valence-electron chi connectivity index (χ2n) is 2.92. The van der Waals surface area contributed by atoms with Gasteiger partial charge >= 0.3 is 0 Å². The van der Waals surface area contributed by atoms with E-state index in [9.17, 15) is 0 Å². The average Bonchev–Trinajstić information content (AvgIpc) is 2.30. The van der Waals surface area contributed by atoms with Crippen LogP contribution in [0.15, 0.2) is 42.9 Å². The monoisotopic (exact) mass is 185 g/mol. The Morgan fingerprint density at radius 1 is 1.14 bits per heavy atom. The summed E-state index contributed by atoms with van der Waals surface area (Å²) in [6.45, 7) is 0. The molecule has 14 heavy (non-hydrogen) atoms. The Hall–Kier alpha value is -1.90. The van der Waals surface area contributed by atoms with E-state index in [0.717, 1.165) is 16.9 Å². The standard InChI is InChI=1S/C11H11N3/c1-12-11-7-9(4-6-14-11)10-3-2-5-13-8-10/h2-8H,1H3,(H,12,14). The first kappa shape index (κ1) is 8.69. The number of rotatable bonds is 2. The number of pyridine rings is 2. The van der Waals surface area contributed by atoms with Crippen molar-refractivity contribution in [3.8, 4) is 11.1 Å². The third-order valence-corrected chi connectivity index (χ3v) is 2.01. The summed E-state index contributed by atoms with van der Waals surface area (Å²) in [6, 6.07) is 7.92. The Labute approximate surface area is 82.8 Å². The molecular formula is C11H11N3. The van der Waals surface area contributed by atoms with Gasteiger partial charge in [-0.3, -0.25) is 4.98 Å². The van der Waals surface area contributed by atoms with Crippen LogP contribution in [0.25, 0.3) is 11.1 Å². The molecule has 0 atom stereocenters. The normalized spacial score (nSPS) is 9.79. The smallest absolute Gasteiger partial charge is 0.126 e.